The maximum Gasteiger partial charge on any atom is 0.530 e. The summed E-state index contributed by atoms with van der Waals surface area (Å²) in [6, 6.07) is 0. The van der Waals surface area contributed by atoms with Crippen LogP contribution >= 0.6 is 0 Å². The maximum atomic E-state index is 5.50. The molecule has 85 valence electrons. The maximum absolute atomic E-state index is 5.50. The van der Waals surface area contributed by atoms with Crippen LogP contribution in [0.3, 0.4) is 0 Å². The van der Waals surface area contributed by atoms with Gasteiger partial charge in [0.2, 0.25) is 0 Å². The van der Waals surface area contributed by atoms with E-state index in [1.165, 1.54) is 0 Å². The first-order chi connectivity index (χ1) is 6.66. The molecule has 0 aromatic rings. The minimum Gasteiger partial charge on any atom is -0.375 e. The highest BCUT2D eigenvalue weighted by Gasteiger charge is 2.45. The van der Waals surface area contributed by atoms with Crippen LogP contribution < -0.4 is 0 Å². The molecule has 1 unspecified atom stereocenters. The summed E-state index contributed by atoms with van der Waals surface area (Å²) in [4.78, 5) is 0. The second kappa shape index (κ2) is 7.36. The monoisotopic (exact) mass is 221 g/mol. The fraction of sp³-hybridized carbons (Fsp3) is 0.889. The van der Waals surface area contributed by atoms with Crippen molar-refractivity contribution in [1.82, 2.24) is 0 Å². The summed E-state index contributed by atoms with van der Waals surface area (Å²) in [6.07, 6.45) is 2.10. The molecule has 0 aliphatic rings. The van der Waals surface area contributed by atoms with Gasteiger partial charge in [-0.3, -0.25) is 0 Å². The van der Waals surface area contributed by atoms with Gasteiger partial charge in [-0.15, -0.1) is 0 Å². The van der Waals surface area contributed by atoms with E-state index in [1.807, 2.05) is 0 Å². The summed E-state index contributed by atoms with van der Waals surface area (Å²) in [6.45, 7) is 6.63. The fourth-order valence-corrected chi connectivity index (χ4v) is 2.73. The third kappa shape index (κ3) is 3.66. The number of hydrogen-bond acceptors (Lipinski definition) is 4. The van der Waals surface area contributed by atoms with Crippen molar-refractivity contribution < 1.29 is 18.0 Å². The van der Waals surface area contributed by atoms with Crippen molar-refractivity contribution >= 4 is 8.80 Å². The molecule has 0 saturated heterocycles. The zero-order valence-corrected chi connectivity index (χ0v) is 10.5. The van der Waals surface area contributed by atoms with Crippen LogP contribution in [0, 0.1) is 6.92 Å². The summed E-state index contributed by atoms with van der Waals surface area (Å²) in [5, 5.41) is 0. The minimum absolute atomic E-state index is 0.367. The molecule has 0 heterocycles. The lowest BCUT2D eigenvalue weighted by molar-refractivity contribution is 0.0310. The van der Waals surface area contributed by atoms with Gasteiger partial charge in [0.15, 0.2) is 0 Å². The Balaban J connectivity index is 4.07. The Morgan fingerprint density at radius 2 is 1.64 bits per heavy atom. The number of rotatable bonds is 8. The molecule has 0 spiro atoms. The normalized spacial score (nSPS) is 14.4. The van der Waals surface area contributed by atoms with Crippen molar-refractivity contribution in [1.29, 1.82) is 0 Å². The molecular formula is C9H21O4Si. The predicted octanol–water partition coefficient (Wildman–Crippen LogP) is 1.42. The summed E-state index contributed by atoms with van der Waals surface area (Å²) < 4.78 is 21.2. The Morgan fingerprint density at radius 1 is 1.14 bits per heavy atom. The highest BCUT2D eigenvalue weighted by molar-refractivity contribution is 6.62. The van der Waals surface area contributed by atoms with Crippen LogP contribution in [-0.4, -0.2) is 42.5 Å². The molecular weight excluding hydrogens is 200 g/mol. The molecule has 0 bridgehead atoms. The van der Waals surface area contributed by atoms with Gasteiger partial charge in [0.25, 0.3) is 0 Å². The average Bonchev–Trinajstić information content (AvgIpc) is 2.22. The van der Waals surface area contributed by atoms with E-state index in [2.05, 4.69) is 13.8 Å². The molecule has 0 rings (SSSR count). The lowest BCUT2D eigenvalue weighted by Crippen LogP contribution is -2.54. The Morgan fingerprint density at radius 3 is 2.00 bits per heavy atom. The van der Waals surface area contributed by atoms with Crippen molar-refractivity contribution in [2.45, 2.75) is 25.5 Å². The van der Waals surface area contributed by atoms with Gasteiger partial charge in [-0.1, -0.05) is 13.3 Å². The van der Waals surface area contributed by atoms with Crippen molar-refractivity contribution in [3.63, 3.8) is 0 Å². The van der Waals surface area contributed by atoms with Crippen molar-refractivity contribution in [2.24, 2.45) is 0 Å². The molecule has 1 atom stereocenters. The number of ether oxygens (including phenoxy) is 1. The van der Waals surface area contributed by atoms with Crippen LogP contribution in [0.15, 0.2) is 0 Å². The Bertz CT molecular complexity index is 131. The molecule has 0 amide bonds. The number of unbranched alkanes of at least 4 members (excludes halogenated alkanes) is 1. The Hall–Kier alpha value is 0.0569. The molecule has 0 aliphatic carbocycles. The topological polar surface area (TPSA) is 36.9 Å². The smallest absolute Gasteiger partial charge is 0.375 e. The molecule has 0 aliphatic heterocycles. The lowest BCUT2D eigenvalue weighted by Gasteiger charge is -2.29. The van der Waals surface area contributed by atoms with E-state index < -0.39 is 8.80 Å². The van der Waals surface area contributed by atoms with Gasteiger partial charge in [0.05, 0.1) is 0 Å². The fourth-order valence-electron chi connectivity index (χ4n) is 1.12. The second-order valence-electron chi connectivity index (χ2n) is 2.93. The molecule has 0 aromatic heterocycles. The van der Waals surface area contributed by atoms with Crippen LogP contribution in [0.5, 0.6) is 0 Å². The third-order valence-electron chi connectivity index (χ3n) is 2.06. The van der Waals surface area contributed by atoms with Gasteiger partial charge in [0.1, 0.15) is 5.73 Å². The van der Waals surface area contributed by atoms with Crippen molar-refractivity contribution in [2.75, 3.05) is 27.9 Å². The Kier molecular flexibility index (Phi) is 7.39. The van der Waals surface area contributed by atoms with E-state index in [4.69, 9.17) is 18.0 Å². The SMILES string of the molecule is [CH2]C(OCCCC)[Si](OC)(OC)OC. The molecule has 5 heteroatoms. The average molecular weight is 221 g/mol. The first kappa shape index (κ1) is 14.1. The van der Waals surface area contributed by atoms with Gasteiger partial charge < -0.3 is 18.0 Å². The van der Waals surface area contributed by atoms with E-state index in [0.717, 1.165) is 12.8 Å². The molecule has 0 saturated carbocycles. The highest BCUT2D eigenvalue weighted by Crippen LogP contribution is 2.14. The predicted molar refractivity (Wildman–Crippen MR) is 56.8 cm³/mol. The van der Waals surface area contributed by atoms with Crippen LogP contribution in [0.25, 0.3) is 0 Å². The first-order valence-electron chi connectivity index (χ1n) is 4.77. The molecule has 0 fully saturated rings. The van der Waals surface area contributed by atoms with E-state index in [-0.39, 0.29) is 5.73 Å². The van der Waals surface area contributed by atoms with Crippen LogP contribution in [0.1, 0.15) is 19.8 Å². The summed E-state index contributed by atoms with van der Waals surface area (Å²) in [7, 11) is 1.96. The summed E-state index contributed by atoms with van der Waals surface area (Å²) in [5.41, 5.74) is -0.367. The number of hydrogen-bond donors (Lipinski definition) is 0. The first-order valence-corrected chi connectivity index (χ1v) is 6.57. The molecule has 1 radical (unpaired) electrons. The van der Waals surface area contributed by atoms with Crippen LogP contribution in [0.2, 0.25) is 0 Å². The lowest BCUT2D eigenvalue weighted by atomic mass is 10.4. The van der Waals surface area contributed by atoms with Gasteiger partial charge in [-0.2, -0.15) is 0 Å². The second-order valence-corrected chi connectivity index (χ2v) is 6.00. The van der Waals surface area contributed by atoms with Crippen LogP contribution in [0.4, 0.5) is 0 Å². The van der Waals surface area contributed by atoms with Gasteiger partial charge in [-0.05, 0) is 13.3 Å². The van der Waals surface area contributed by atoms with Crippen molar-refractivity contribution in [3.8, 4) is 0 Å². The molecule has 14 heavy (non-hydrogen) atoms. The van der Waals surface area contributed by atoms with Crippen LogP contribution in [-0.2, 0) is 18.0 Å². The highest BCUT2D eigenvalue weighted by atomic mass is 28.4. The van der Waals surface area contributed by atoms with Gasteiger partial charge in [0, 0.05) is 27.9 Å². The summed E-state index contributed by atoms with van der Waals surface area (Å²) in [5.74, 6) is 0. The Labute approximate surface area is 87.9 Å². The minimum atomic E-state index is -2.70. The molecule has 0 N–H and O–H groups in total. The standard InChI is InChI=1S/C9H21O4Si/c1-6-7-8-13-9(2)14(10-3,11-4)12-5/h9H,2,6-8H2,1,3-5H3. The van der Waals surface area contributed by atoms with E-state index in [0.29, 0.717) is 6.61 Å². The van der Waals surface area contributed by atoms with Gasteiger partial charge >= 0.3 is 8.80 Å². The molecule has 0 aromatic carbocycles. The molecule has 4 nitrogen and oxygen atoms in total. The third-order valence-corrected chi connectivity index (χ3v) is 4.73. The van der Waals surface area contributed by atoms with E-state index in [1.54, 1.807) is 21.3 Å². The van der Waals surface area contributed by atoms with E-state index >= 15 is 0 Å². The summed E-state index contributed by atoms with van der Waals surface area (Å²) >= 11 is 0. The largest absolute Gasteiger partial charge is 0.530 e. The quantitative estimate of drug-likeness (QED) is 0.459. The van der Waals surface area contributed by atoms with Gasteiger partial charge in [-0.25, -0.2) is 0 Å². The van der Waals surface area contributed by atoms with E-state index in [9.17, 15) is 0 Å². The zero-order chi connectivity index (χ0) is 11.0. The zero-order valence-electron chi connectivity index (χ0n) is 9.54. The van der Waals surface area contributed by atoms with Crippen molar-refractivity contribution in [3.05, 3.63) is 6.92 Å².